The number of aromatic nitrogens is 3. The molecule has 2 aromatic heterocycles. The standard InChI is InChI=1S/C14H19ClN4O3/c1-3-22-13(20)10-8-11-12(18-4-6-21-7-5-18)16-14(15)17-19(11)9(10)2/h8,13,20H,3-7H2,1-2H3. The summed E-state index contributed by atoms with van der Waals surface area (Å²) in [6.07, 6.45) is -0.983. The van der Waals surface area contributed by atoms with Crippen LogP contribution in [0.4, 0.5) is 5.82 Å². The molecule has 1 saturated heterocycles. The Morgan fingerprint density at radius 2 is 2.18 bits per heavy atom. The summed E-state index contributed by atoms with van der Waals surface area (Å²) < 4.78 is 12.4. The van der Waals surface area contributed by atoms with E-state index >= 15 is 0 Å². The van der Waals surface area contributed by atoms with Gasteiger partial charge in [0, 0.05) is 31.0 Å². The molecule has 0 amide bonds. The van der Waals surface area contributed by atoms with Crippen molar-refractivity contribution >= 4 is 22.9 Å². The van der Waals surface area contributed by atoms with Crippen LogP contribution in [0.15, 0.2) is 6.07 Å². The predicted molar refractivity (Wildman–Crippen MR) is 82.4 cm³/mol. The van der Waals surface area contributed by atoms with Crippen LogP contribution in [0.1, 0.15) is 24.5 Å². The summed E-state index contributed by atoms with van der Waals surface area (Å²) in [7, 11) is 0. The Balaban J connectivity index is 2.10. The van der Waals surface area contributed by atoms with Crippen molar-refractivity contribution in [1.29, 1.82) is 0 Å². The van der Waals surface area contributed by atoms with Gasteiger partial charge < -0.3 is 19.5 Å². The van der Waals surface area contributed by atoms with Gasteiger partial charge in [-0.05, 0) is 31.5 Å². The second-order valence-electron chi connectivity index (χ2n) is 5.09. The van der Waals surface area contributed by atoms with Gasteiger partial charge in [-0.1, -0.05) is 0 Å². The lowest BCUT2D eigenvalue weighted by molar-refractivity contribution is -0.0982. The van der Waals surface area contributed by atoms with Gasteiger partial charge >= 0.3 is 0 Å². The van der Waals surface area contributed by atoms with Crippen molar-refractivity contribution in [2.24, 2.45) is 0 Å². The lowest BCUT2D eigenvalue weighted by Crippen LogP contribution is -2.37. The highest BCUT2D eigenvalue weighted by Gasteiger charge is 2.22. The van der Waals surface area contributed by atoms with Crippen LogP contribution < -0.4 is 4.90 Å². The number of morpholine rings is 1. The first-order chi connectivity index (χ1) is 10.6. The molecular formula is C14H19ClN4O3. The summed E-state index contributed by atoms with van der Waals surface area (Å²) in [6, 6.07) is 1.86. The number of aliphatic hydroxyl groups excluding tert-OH is 1. The fourth-order valence-corrected chi connectivity index (χ4v) is 2.81. The van der Waals surface area contributed by atoms with E-state index in [4.69, 9.17) is 21.1 Å². The average Bonchev–Trinajstić information content (AvgIpc) is 2.85. The van der Waals surface area contributed by atoms with Gasteiger partial charge in [0.2, 0.25) is 5.28 Å². The molecule has 7 nitrogen and oxygen atoms in total. The Bertz CT molecular complexity index is 670. The molecule has 0 bridgehead atoms. The molecule has 1 unspecified atom stereocenters. The summed E-state index contributed by atoms with van der Waals surface area (Å²) in [5, 5.41) is 14.5. The molecule has 8 heteroatoms. The van der Waals surface area contributed by atoms with Crippen LogP contribution >= 0.6 is 11.6 Å². The molecule has 120 valence electrons. The number of hydrogen-bond donors (Lipinski definition) is 1. The smallest absolute Gasteiger partial charge is 0.243 e. The van der Waals surface area contributed by atoms with E-state index in [1.807, 2.05) is 19.9 Å². The van der Waals surface area contributed by atoms with Crippen molar-refractivity contribution in [2.45, 2.75) is 20.1 Å². The van der Waals surface area contributed by atoms with E-state index < -0.39 is 6.29 Å². The Labute approximate surface area is 133 Å². The van der Waals surface area contributed by atoms with Crippen LogP contribution in [0.5, 0.6) is 0 Å². The molecule has 0 aromatic carbocycles. The molecule has 0 spiro atoms. The molecule has 1 fully saturated rings. The van der Waals surface area contributed by atoms with Gasteiger partial charge in [0.25, 0.3) is 0 Å². The van der Waals surface area contributed by atoms with Gasteiger partial charge in [-0.3, -0.25) is 0 Å². The Morgan fingerprint density at radius 3 is 2.86 bits per heavy atom. The van der Waals surface area contributed by atoms with Crippen LogP contribution in [-0.4, -0.2) is 52.6 Å². The maximum Gasteiger partial charge on any atom is 0.243 e. The Hall–Kier alpha value is -1.41. The number of fused-ring (bicyclic) bond motifs is 1. The number of ether oxygens (including phenoxy) is 2. The largest absolute Gasteiger partial charge is 0.378 e. The molecule has 0 radical (unpaired) electrons. The number of halogens is 1. The maximum absolute atomic E-state index is 10.1. The summed E-state index contributed by atoms with van der Waals surface area (Å²) in [6.45, 7) is 6.94. The Kier molecular flexibility index (Phi) is 4.49. The fourth-order valence-electron chi connectivity index (χ4n) is 2.66. The minimum atomic E-state index is -0.983. The monoisotopic (exact) mass is 326 g/mol. The first-order valence-corrected chi connectivity index (χ1v) is 7.67. The van der Waals surface area contributed by atoms with E-state index in [0.717, 1.165) is 30.1 Å². The average molecular weight is 327 g/mol. The molecule has 22 heavy (non-hydrogen) atoms. The van der Waals surface area contributed by atoms with E-state index in [1.54, 1.807) is 4.52 Å². The maximum atomic E-state index is 10.1. The van der Waals surface area contributed by atoms with Crippen molar-refractivity contribution in [1.82, 2.24) is 14.6 Å². The molecule has 0 saturated carbocycles. The molecule has 1 atom stereocenters. The molecule has 0 aliphatic carbocycles. The second-order valence-corrected chi connectivity index (χ2v) is 5.43. The third-order valence-corrected chi connectivity index (χ3v) is 3.93. The quantitative estimate of drug-likeness (QED) is 0.860. The molecule has 2 aromatic rings. The Morgan fingerprint density at radius 1 is 1.45 bits per heavy atom. The molecule has 3 rings (SSSR count). The number of rotatable bonds is 4. The minimum Gasteiger partial charge on any atom is -0.378 e. The minimum absolute atomic E-state index is 0.171. The second kappa shape index (κ2) is 6.37. The summed E-state index contributed by atoms with van der Waals surface area (Å²) >= 11 is 6.07. The van der Waals surface area contributed by atoms with Crippen molar-refractivity contribution in [2.75, 3.05) is 37.8 Å². The fraction of sp³-hybridized carbons (Fsp3) is 0.571. The van der Waals surface area contributed by atoms with E-state index in [9.17, 15) is 5.11 Å². The zero-order valence-corrected chi connectivity index (χ0v) is 13.4. The van der Waals surface area contributed by atoms with Crippen molar-refractivity contribution < 1.29 is 14.6 Å². The number of aliphatic hydroxyl groups is 1. The van der Waals surface area contributed by atoms with Gasteiger partial charge in [0.05, 0.1) is 13.2 Å². The summed E-state index contributed by atoms with van der Waals surface area (Å²) in [5.41, 5.74) is 2.26. The number of hydrogen-bond acceptors (Lipinski definition) is 6. The van der Waals surface area contributed by atoms with Crippen molar-refractivity contribution in [3.63, 3.8) is 0 Å². The van der Waals surface area contributed by atoms with Gasteiger partial charge in [0.1, 0.15) is 5.52 Å². The lowest BCUT2D eigenvalue weighted by Gasteiger charge is -2.28. The van der Waals surface area contributed by atoms with E-state index in [-0.39, 0.29) is 5.28 Å². The SMILES string of the molecule is CCOC(O)c1cc2c(N3CCOCC3)nc(Cl)nn2c1C. The summed E-state index contributed by atoms with van der Waals surface area (Å²) in [4.78, 5) is 6.48. The van der Waals surface area contributed by atoms with E-state index in [0.29, 0.717) is 25.4 Å². The highest BCUT2D eigenvalue weighted by atomic mass is 35.5. The zero-order chi connectivity index (χ0) is 15.7. The zero-order valence-electron chi connectivity index (χ0n) is 12.6. The van der Waals surface area contributed by atoms with E-state index in [2.05, 4.69) is 15.0 Å². The number of aryl methyl sites for hydroxylation is 1. The predicted octanol–water partition coefficient (Wildman–Crippen LogP) is 1.56. The topological polar surface area (TPSA) is 72.1 Å². The highest BCUT2D eigenvalue weighted by Crippen LogP contribution is 2.29. The van der Waals surface area contributed by atoms with Crippen LogP contribution in [0.3, 0.4) is 0 Å². The van der Waals surface area contributed by atoms with Gasteiger partial charge in [-0.25, -0.2) is 4.52 Å². The first-order valence-electron chi connectivity index (χ1n) is 7.30. The van der Waals surface area contributed by atoms with Crippen molar-refractivity contribution in [3.05, 3.63) is 22.6 Å². The number of nitrogens with zero attached hydrogens (tertiary/aromatic N) is 4. The van der Waals surface area contributed by atoms with Crippen LogP contribution in [0, 0.1) is 6.92 Å². The first kappa shape index (κ1) is 15.5. The van der Waals surface area contributed by atoms with Crippen LogP contribution in [-0.2, 0) is 9.47 Å². The normalized spacial score (nSPS) is 17.2. The highest BCUT2D eigenvalue weighted by molar-refractivity contribution is 6.28. The van der Waals surface area contributed by atoms with Gasteiger partial charge in [-0.15, -0.1) is 5.10 Å². The van der Waals surface area contributed by atoms with Crippen LogP contribution in [0.25, 0.3) is 5.52 Å². The van der Waals surface area contributed by atoms with Crippen molar-refractivity contribution in [3.8, 4) is 0 Å². The molecular weight excluding hydrogens is 308 g/mol. The third-order valence-electron chi connectivity index (χ3n) is 3.77. The molecule has 3 heterocycles. The van der Waals surface area contributed by atoms with Gasteiger partial charge in [0.15, 0.2) is 12.1 Å². The van der Waals surface area contributed by atoms with Crippen LogP contribution in [0.2, 0.25) is 5.28 Å². The third kappa shape index (κ3) is 2.77. The van der Waals surface area contributed by atoms with E-state index in [1.165, 1.54) is 0 Å². The number of anilines is 1. The molecule has 1 aliphatic rings. The lowest BCUT2D eigenvalue weighted by atomic mass is 10.2. The van der Waals surface area contributed by atoms with Gasteiger partial charge in [-0.2, -0.15) is 4.98 Å². The molecule has 1 aliphatic heterocycles. The molecule has 1 N–H and O–H groups in total. The summed E-state index contributed by atoms with van der Waals surface area (Å²) in [5.74, 6) is 0.751.